The van der Waals surface area contributed by atoms with Crippen molar-refractivity contribution >= 4 is 45.5 Å². The van der Waals surface area contributed by atoms with E-state index in [1.165, 1.54) is 11.1 Å². The van der Waals surface area contributed by atoms with Crippen LogP contribution in [0.5, 0.6) is 0 Å². The molecule has 2 rings (SSSR count). The van der Waals surface area contributed by atoms with Crippen molar-refractivity contribution in [2.75, 3.05) is 0 Å². The molecule has 0 aliphatic rings. The monoisotopic (exact) mass is 246 g/mol. The Morgan fingerprint density at radius 3 is 0.923 bits per heavy atom. The Labute approximate surface area is 118 Å². The van der Waals surface area contributed by atoms with Crippen LogP contribution in [-0.4, -0.2) is 45.5 Å². The molecule has 13 heavy (non-hydrogen) atoms. The van der Waals surface area contributed by atoms with Crippen LogP contribution in [0.1, 0.15) is 11.1 Å². The first-order valence-corrected chi connectivity index (χ1v) is 4.15. The van der Waals surface area contributed by atoms with E-state index in [1.807, 2.05) is 24.3 Å². The van der Waals surface area contributed by atoms with Crippen LogP contribution in [0.4, 0.5) is 0 Å². The van der Waals surface area contributed by atoms with E-state index in [2.05, 4.69) is 38.1 Å². The number of hydrogen-bond acceptors (Lipinski definition) is 0. The Kier molecular flexibility index (Phi) is 7.68. The minimum Gasteiger partial charge on any atom is -0.213 e. The van der Waals surface area contributed by atoms with Crippen LogP contribution in [0.15, 0.2) is 48.5 Å². The first-order valence-electron chi connectivity index (χ1n) is 4.15. The van der Waals surface area contributed by atoms with Gasteiger partial charge in [0.1, 0.15) is 0 Å². The van der Waals surface area contributed by atoms with Gasteiger partial charge in [-0.3, -0.25) is 0 Å². The summed E-state index contributed by atoms with van der Waals surface area (Å²) in [5.74, 6) is 0. The first kappa shape index (κ1) is 13.2. The van der Waals surface area contributed by atoms with Crippen LogP contribution in [0, 0.1) is 13.8 Å². The van der Waals surface area contributed by atoms with E-state index >= 15 is 0 Å². The van der Waals surface area contributed by atoms with Gasteiger partial charge < -0.3 is 0 Å². The molecule has 0 aromatic heterocycles. The summed E-state index contributed by atoms with van der Waals surface area (Å²) in [7, 11) is 0. The Hall–Kier alpha value is 0.181. The fraction of sp³-hybridized carbons (Fsp3) is 0.167. The predicted octanol–water partition coefficient (Wildman–Crippen LogP) is 3.05. The van der Waals surface area contributed by atoms with E-state index < -0.39 is 0 Å². The molecule has 0 unspecified atom stereocenters. The fourth-order valence-corrected chi connectivity index (χ4v) is 0.940. The van der Waals surface area contributed by atoms with Gasteiger partial charge in [-0.15, -0.1) is 0 Å². The average molecular weight is 246 g/mol. The van der Waals surface area contributed by atoms with E-state index in [-0.39, 0.29) is 45.5 Å². The molecule has 1 heteroatoms. The van der Waals surface area contributed by atoms with Crippen molar-refractivity contribution in [1.82, 2.24) is 0 Å². The van der Waals surface area contributed by atoms with Crippen molar-refractivity contribution in [1.29, 1.82) is 0 Å². The molecular formula is C12H14Sr. The van der Waals surface area contributed by atoms with Crippen molar-refractivity contribution in [2.45, 2.75) is 13.8 Å². The van der Waals surface area contributed by atoms with Crippen LogP contribution in [-0.2, 0) is 0 Å². The molecule has 0 bridgehead atoms. The van der Waals surface area contributed by atoms with Crippen molar-refractivity contribution < 1.29 is 0 Å². The summed E-state index contributed by atoms with van der Waals surface area (Å²) in [6.45, 7) is 4.17. The van der Waals surface area contributed by atoms with E-state index in [9.17, 15) is 0 Å². The van der Waals surface area contributed by atoms with E-state index in [0.29, 0.717) is 0 Å². The summed E-state index contributed by atoms with van der Waals surface area (Å²) < 4.78 is 0. The summed E-state index contributed by atoms with van der Waals surface area (Å²) in [5, 5.41) is 0. The van der Waals surface area contributed by atoms with Crippen LogP contribution in [0.25, 0.3) is 0 Å². The Balaban J connectivity index is 0.000000206. The topological polar surface area (TPSA) is 0 Å². The second kappa shape index (κ2) is 7.57. The maximum Gasteiger partial charge on any atom is 2.00 e. The smallest absolute Gasteiger partial charge is 0.213 e. The van der Waals surface area contributed by atoms with Crippen molar-refractivity contribution in [3.8, 4) is 0 Å². The molecule has 0 atom stereocenters. The summed E-state index contributed by atoms with van der Waals surface area (Å²) >= 11 is 0. The summed E-state index contributed by atoms with van der Waals surface area (Å²) in [6, 6.07) is 16.5. The zero-order valence-electron chi connectivity index (χ0n) is 8.33. The molecule has 0 spiro atoms. The van der Waals surface area contributed by atoms with Gasteiger partial charge in [0, 0.05) is 0 Å². The van der Waals surface area contributed by atoms with Crippen LogP contribution < -0.4 is 0 Å². The number of rotatable bonds is 0. The van der Waals surface area contributed by atoms with Crippen molar-refractivity contribution in [3.05, 3.63) is 59.7 Å². The van der Waals surface area contributed by atoms with Gasteiger partial charge in [-0.1, -0.05) is 13.8 Å². The third kappa shape index (κ3) is 6.28. The molecule has 0 saturated carbocycles. The summed E-state index contributed by atoms with van der Waals surface area (Å²) in [6.07, 6.45) is 0. The van der Waals surface area contributed by atoms with Crippen LogP contribution in [0.3, 0.4) is 0 Å². The Bertz CT molecular complexity index is 245. The molecule has 0 heterocycles. The second-order valence-electron chi connectivity index (χ2n) is 2.92. The molecular weight excluding hydrogens is 232 g/mol. The third-order valence-corrected chi connectivity index (χ3v) is 1.66. The maximum absolute atomic E-state index is 2.08. The average Bonchev–Trinajstić information content (AvgIpc) is 2.63. The fourth-order valence-electron chi connectivity index (χ4n) is 0.940. The molecule has 0 N–H and O–H groups in total. The van der Waals surface area contributed by atoms with Gasteiger partial charge >= 0.3 is 45.5 Å². The molecule has 0 aliphatic carbocycles. The largest absolute Gasteiger partial charge is 2.00 e. The summed E-state index contributed by atoms with van der Waals surface area (Å²) in [4.78, 5) is 0. The van der Waals surface area contributed by atoms with Gasteiger partial charge in [-0.05, 0) is 0 Å². The molecule has 2 aromatic carbocycles. The van der Waals surface area contributed by atoms with E-state index in [0.717, 1.165) is 0 Å². The van der Waals surface area contributed by atoms with Gasteiger partial charge in [0.25, 0.3) is 0 Å². The van der Waals surface area contributed by atoms with Crippen LogP contribution >= 0.6 is 0 Å². The first-order chi connectivity index (χ1) is 5.79. The molecule has 0 radical (unpaired) electrons. The van der Waals surface area contributed by atoms with Gasteiger partial charge in [-0.2, -0.15) is 35.4 Å². The number of hydrogen-bond donors (Lipinski definition) is 0. The van der Waals surface area contributed by atoms with Gasteiger partial charge in [0.05, 0.1) is 0 Å². The number of aryl methyl sites for hydroxylation is 2. The third-order valence-electron chi connectivity index (χ3n) is 1.66. The molecule has 0 aliphatic heterocycles. The Morgan fingerprint density at radius 1 is 0.615 bits per heavy atom. The molecule has 64 valence electrons. The standard InChI is InChI=1S/2C6H7.Sr/c2*1-6-4-2-3-5-6;/h2*2-5H,1H3;/q2*-1;+2. The Morgan fingerprint density at radius 2 is 0.846 bits per heavy atom. The zero-order valence-corrected chi connectivity index (χ0v) is 11.8. The van der Waals surface area contributed by atoms with Gasteiger partial charge in [-0.25, -0.2) is 24.3 Å². The SMILES string of the molecule is C[c-]1cccc1.C[c-]1cccc1.[Sr+2]. The summed E-state index contributed by atoms with van der Waals surface area (Å²) in [5.41, 5.74) is 2.69. The van der Waals surface area contributed by atoms with E-state index in [4.69, 9.17) is 0 Å². The molecule has 0 nitrogen and oxygen atoms in total. The zero-order chi connectivity index (χ0) is 8.81. The minimum atomic E-state index is 0. The quantitative estimate of drug-likeness (QED) is 0.495. The molecule has 0 saturated heterocycles. The van der Waals surface area contributed by atoms with Gasteiger partial charge in [0.2, 0.25) is 0 Å². The van der Waals surface area contributed by atoms with Crippen molar-refractivity contribution in [3.63, 3.8) is 0 Å². The molecule has 0 fully saturated rings. The van der Waals surface area contributed by atoms with Crippen LogP contribution in [0.2, 0.25) is 0 Å². The maximum atomic E-state index is 2.08. The predicted molar refractivity (Wildman–Crippen MR) is 59.3 cm³/mol. The normalized spacial score (nSPS) is 8.15. The van der Waals surface area contributed by atoms with Gasteiger partial charge in [0.15, 0.2) is 0 Å². The minimum absolute atomic E-state index is 0. The second-order valence-corrected chi connectivity index (χ2v) is 2.92. The van der Waals surface area contributed by atoms with Crippen molar-refractivity contribution in [2.24, 2.45) is 0 Å². The molecule has 2 aromatic rings. The molecule has 0 amide bonds. The van der Waals surface area contributed by atoms with E-state index in [1.54, 1.807) is 0 Å².